The Kier molecular flexibility index (Phi) is 4.97. The molecule has 24 heavy (non-hydrogen) atoms. The van der Waals surface area contributed by atoms with E-state index >= 15 is 0 Å². The van der Waals surface area contributed by atoms with Crippen molar-refractivity contribution in [2.75, 3.05) is 0 Å². The fraction of sp³-hybridized carbons (Fsp3) is 0.526. The summed E-state index contributed by atoms with van der Waals surface area (Å²) in [5.74, 6) is 2.06. The second-order valence-corrected chi connectivity index (χ2v) is 6.99. The number of aromatic nitrogens is 2. The van der Waals surface area contributed by atoms with Crippen LogP contribution in [0.4, 0.5) is 0 Å². The SMILES string of the molecule is Cc1ccc([C@@H](NC(=O)CCc2nc(C(C)C)no2)C2CC2)cc1. The lowest BCUT2D eigenvalue weighted by Gasteiger charge is -2.19. The third-order valence-corrected chi connectivity index (χ3v) is 4.41. The number of hydrogen-bond acceptors (Lipinski definition) is 4. The van der Waals surface area contributed by atoms with Crippen LogP contribution in [0.25, 0.3) is 0 Å². The van der Waals surface area contributed by atoms with Crippen LogP contribution in [0.5, 0.6) is 0 Å². The lowest BCUT2D eigenvalue weighted by molar-refractivity contribution is -0.122. The zero-order valence-electron chi connectivity index (χ0n) is 14.6. The van der Waals surface area contributed by atoms with Crippen molar-refractivity contribution in [1.29, 1.82) is 0 Å². The van der Waals surface area contributed by atoms with Gasteiger partial charge in [-0.25, -0.2) is 0 Å². The average Bonchev–Trinajstić information content (AvgIpc) is 3.28. The van der Waals surface area contributed by atoms with Gasteiger partial charge in [-0.3, -0.25) is 4.79 Å². The molecule has 1 aliphatic carbocycles. The van der Waals surface area contributed by atoms with Crippen LogP contribution in [-0.2, 0) is 11.2 Å². The number of hydrogen-bond donors (Lipinski definition) is 1. The number of benzene rings is 1. The number of nitrogens with one attached hydrogen (secondary N) is 1. The predicted octanol–water partition coefficient (Wildman–Crippen LogP) is 3.70. The van der Waals surface area contributed by atoms with Gasteiger partial charge in [-0.2, -0.15) is 4.98 Å². The minimum Gasteiger partial charge on any atom is -0.349 e. The first-order chi connectivity index (χ1) is 11.5. The van der Waals surface area contributed by atoms with Crippen LogP contribution in [0.3, 0.4) is 0 Å². The van der Waals surface area contributed by atoms with Gasteiger partial charge >= 0.3 is 0 Å². The minimum absolute atomic E-state index is 0.0387. The molecule has 5 heteroatoms. The Morgan fingerprint density at radius 3 is 2.58 bits per heavy atom. The minimum atomic E-state index is 0.0387. The molecule has 2 aromatic rings. The highest BCUT2D eigenvalue weighted by Crippen LogP contribution is 2.41. The molecule has 1 amide bonds. The molecule has 0 unspecified atom stereocenters. The molecule has 0 bridgehead atoms. The molecule has 1 atom stereocenters. The standard InChI is InChI=1S/C19H25N3O2/c1-12(2)19-21-17(24-22-19)11-10-16(23)20-18(15-8-9-15)14-6-4-13(3)5-7-14/h4-7,12,15,18H,8-11H2,1-3H3,(H,20,23)/t18-/m1/s1. The van der Waals surface area contributed by atoms with E-state index < -0.39 is 0 Å². The summed E-state index contributed by atoms with van der Waals surface area (Å²) in [6, 6.07) is 8.55. The van der Waals surface area contributed by atoms with Crippen LogP contribution >= 0.6 is 0 Å². The highest BCUT2D eigenvalue weighted by molar-refractivity contribution is 5.76. The molecule has 0 saturated heterocycles. The van der Waals surface area contributed by atoms with E-state index in [0.29, 0.717) is 30.5 Å². The first-order valence-corrected chi connectivity index (χ1v) is 8.71. The lowest BCUT2D eigenvalue weighted by atomic mass is 10.0. The third kappa shape index (κ3) is 4.22. The van der Waals surface area contributed by atoms with E-state index in [1.807, 2.05) is 13.8 Å². The zero-order chi connectivity index (χ0) is 17.1. The Morgan fingerprint density at radius 1 is 1.29 bits per heavy atom. The summed E-state index contributed by atoms with van der Waals surface area (Å²) in [6.07, 6.45) is 3.21. The van der Waals surface area contributed by atoms with Gasteiger partial charge in [0, 0.05) is 18.8 Å². The molecule has 1 heterocycles. The van der Waals surface area contributed by atoms with Crippen LogP contribution < -0.4 is 5.32 Å². The summed E-state index contributed by atoms with van der Waals surface area (Å²) in [4.78, 5) is 16.7. The topological polar surface area (TPSA) is 68.0 Å². The van der Waals surface area contributed by atoms with Crippen molar-refractivity contribution < 1.29 is 9.32 Å². The molecule has 1 fully saturated rings. The summed E-state index contributed by atoms with van der Waals surface area (Å²) in [5, 5.41) is 7.12. The van der Waals surface area contributed by atoms with Gasteiger partial charge in [0.1, 0.15) is 0 Å². The van der Waals surface area contributed by atoms with Crippen molar-refractivity contribution >= 4 is 5.91 Å². The molecule has 0 radical (unpaired) electrons. The normalized spacial score (nSPS) is 15.5. The van der Waals surface area contributed by atoms with Gasteiger partial charge in [0.05, 0.1) is 6.04 Å². The van der Waals surface area contributed by atoms with Crippen LogP contribution in [0.15, 0.2) is 28.8 Å². The summed E-state index contributed by atoms with van der Waals surface area (Å²) in [6.45, 7) is 6.11. The predicted molar refractivity (Wildman–Crippen MR) is 91.5 cm³/mol. The molecule has 1 saturated carbocycles. The molecule has 5 nitrogen and oxygen atoms in total. The summed E-state index contributed by atoms with van der Waals surface area (Å²) < 4.78 is 5.20. The monoisotopic (exact) mass is 327 g/mol. The third-order valence-electron chi connectivity index (χ3n) is 4.41. The second-order valence-electron chi connectivity index (χ2n) is 6.99. The molecule has 1 aromatic carbocycles. The first-order valence-electron chi connectivity index (χ1n) is 8.71. The molecule has 1 N–H and O–H groups in total. The van der Waals surface area contributed by atoms with Crippen molar-refractivity contribution in [3.63, 3.8) is 0 Å². The van der Waals surface area contributed by atoms with E-state index in [0.717, 1.165) is 0 Å². The molecule has 1 aromatic heterocycles. The van der Waals surface area contributed by atoms with Gasteiger partial charge in [-0.1, -0.05) is 48.8 Å². The smallest absolute Gasteiger partial charge is 0.227 e. The Balaban J connectivity index is 1.56. The number of amides is 1. The highest BCUT2D eigenvalue weighted by atomic mass is 16.5. The van der Waals surface area contributed by atoms with E-state index in [4.69, 9.17) is 4.52 Å². The Morgan fingerprint density at radius 2 is 2.00 bits per heavy atom. The summed E-state index contributed by atoms with van der Waals surface area (Å²) >= 11 is 0. The number of rotatable bonds is 7. The van der Waals surface area contributed by atoms with Crippen LogP contribution in [0, 0.1) is 12.8 Å². The Labute approximate surface area is 142 Å². The fourth-order valence-corrected chi connectivity index (χ4v) is 2.75. The highest BCUT2D eigenvalue weighted by Gasteiger charge is 2.33. The molecule has 128 valence electrons. The number of carbonyl (C=O) groups excluding carboxylic acids is 1. The van der Waals surface area contributed by atoms with Crippen molar-refractivity contribution in [2.24, 2.45) is 5.92 Å². The van der Waals surface area contributed by atoms with Crippen molar-refractivity contribution in [2.45, 2.75) is 58.4 Å². The van der Waals surface area contributed by atoms with Gasteiger partial charge in [0.15, 0.2) is 5.82 Å². The average molecular weight is 327 g/mol. The van der Waals surface area contributed by atoms with Gasteiger partial charge in [-0.05, 0) is 31.2 Å². The number of aryl methyl sites for hydroxylation is 2. The van der Waals surface area contributed by atoms with Gasteiger partial charge in [-0.15, -0.1) is 0 Å². The molecule has 3 rings (SSSR count). The van der Waals surface area contributed by atoms with E-state index in [-0.39, 0.29) is 17.9 Å². The van der Waals surface area contributed by atoms with Crippen molar-refractivity contribution in [1.82, 2.24) is 15.5 Å². The second kappa shape index (κ2) is 7.16. The molecular weight excluding hydrogens is 302 g/mol. The molecular formula is C19H25N3O2. The molecule has 0 aliphatic heterocycles. The first kappa shape index (κ1) is 16.7. The molecule has 1 aliphatic rings. The fourth-order valence-electron chi connectivity index (χ4n) is 2.75. The van der Waals surface area contributed by atoms with Crippen LogP contribution in [0.1, 0.15) is 67.9 Å². The van der Waals surface area contributed by atoms with Gasteiger partial charge in [0.2, 0.25) is 11.8 Å². The lowest BCUT2D eigenvalue weighted by Crippen LogP contribution is -2.30. The maximum absolute atomic E-state index is 12.3. The summed E-state index contributed by atoms with van der Waals surface area (Å²) in [5.41, 5.74) is 2.42. The van der Waals surface area contributed by atoms with E-state index in [1.54, 1.807) is 0 Å². The maximum Gasteiger partial charge on any atom is 0.227 e. The quantitative estimate of drug-likeness (QED) is 0.842. The van der Waals surface area contributed by atoms with Gasteiger partial charge < -0.3 is 9.84 Å². The van der Waals surface area contributed by atoms with E-state index in [1.165, 1.54) is 24.0 Å². The zero-order valence-corrected chi connectivity index (χ0v) is 14.6. The van der Waals surface area contributed by atoms with Crippen molar-refractivity contribution in [3.8, 4) is 0 Å². The van der Waals surface area contributed by atoms with Crippen LogP contribution in [0.2, 0.25) is 0 Å². The Hall–Kier alpha value is -2.17. The number of nitrogens with zero attached hydrogens (tertiary/aromatic N) is 2. The Bertz CT molecular complexity index is 687. The largest absolute Gasteiger partial charge is 0.349 e. The molecule has 0 spiro atoms. The van der Waals surface area contributed by atoms with Crippen molar-refractivity contribution in [3.05, 3.63) is 47.1 Å². The maximum atomic E-state index is 12.3. The van der Waals surface area contributed by atoms with Crippen LogP contribution in [-0.4, -0.2) is 16.0 Å². The van der Waals surface area contributed by atoms with E-state index in [2.05, 4.69) is 46.6 Å². The summed E-state index contributed by atoms with van der Waals surface area (Å²) in [7, 11) is 0. The van der Waals surface area contributed by atoms with E-state index in [9.17, 15) is 4.79 Å². The van der Waals surface area contributed by atoms with Gasteiger partial charge in [0.25, 0.3) is 0 Å². The number of carbonyl (C=O) groups is 1.